The Morgan fingerprint density at radius 3 is 2.71 bits per heavy atom. The second-order valence-corrected chi connectivity index (χ2v) is 7.32. The predicted molar refractivity (Wildman–Crippen MR) is 96.7 cm³/mol. The molecule has 0 aromatic heterocycles. The second kappa shape index (κ2) is 7.52. The Labute approximate surface area is 145 Å². The Balaban J connectivity index is 1.88. The van der Waals surface area contributed by atoms with Crippen LogP contribution in [0.5, 0.6) is 0 Å². The Kier molecular flexibility index (Phi) is 5.40. The lowest BCUT2D eigenvalue weighted by Crippen LogP contribution is -2.43. The minimum atomic E-state index is -0.214. The first-order chi connectivity index (χ1) is 11.6. The number of methoxy groups -OCH3 is 1. The average molecular weight is 327 g/mol. The van der Waals surface area contributed by atoms with Gasteiger partial charge in [0.2, 0.25) is 0 Å². The Bertz CT molecular complexity index is 595. The molecule has 3 nitrogen and oxygen atoms in total. The number of likely N-dealkylation sites (N-methyl/N-ethyl adjacent to an activating group) is 1. The van der Waals surface area contributed by atoms with Gasteiger partial charge in [0.15, 0.2) is 0 Å². The van der Waals surface area contributed by atoms with E-state index in [0.29, 0.717) is 18.0 Å². The lowest BCUT2D eigenvalue weighted by molar-refractivity contribution is -0.135. The molecule has 2 bridgehead atoms. The summed E-state index contributed by atoms with van der Waals surface area (Å²) in [6, 6.07) is 11.7. The molecule has 4 atom stereocenters. The molecule has 0 aliphatic carbocycles. The van der Waals surface area contributed by atoms with Crippen LogP contribution in [-0.4, -0.2) is 37.1 Å². The van der Waals surface area contributed by atoms with Gasteiger partial charge in [0.1, 0.15) is 0 Å². The monoisotopic (exact) mass is 327 g/mol. The van der Waals surface area contributed by atoms with Gasteiger partial charge in [-0.2, -0.15) is 0 Å². The van der Waals surface area contributed by atoms with Gasteiger partial charge in [0.05, 0.1) is 7.11 Å². The zero-order valence-corrected chi connectivity index (χ0v) is 15.1. The van der Waals surface area contributed by atoms with E-state index >= 15 is 0 Å². The highest BCUT2D eigenvalue weighted by Gasteiger charge is 2.47. The molecule has 3 heteroatoms. The minimum absolute atomic E-state index is 0.214. The van der Waals surface area contributed by atoms with Gasteiger partial charge in [-0.25, -0.2) is 4.79 Å². The summed E-state index contributed by atoms with van der Waals surface area (Å²) >= 11 is 0. The first-order valence-electron chi connectivity index (χ1n) is 9.19. The van der Waals surface area contributed by atoms with Crippen LogP contribution in [0.4, 0.5) is 0 Å². The first kappa shape index (κ1) is 17.2. The van der Waals surface area contributed by atoms with Crippen molar-refractivity contribution in [3.63, 3.8) is 0 Å². The summed E-state index contributed by atoms with van der Waals surface area (Å²) in [5, 5.41) is 0. The van der Waals surface area contributed by atoms with E-state index in [-0.39, 0.29) is 5.97 Å². The number of carbonyl (C=O) groups is 1. The maximum Gasteiger partial charge on any atom is 0.330 e. The minimum Gasteiger partial charge on any atom is -0.466 e. The van der Waals surface area contributed by atoms with Crippen LogP contribution in [0.15, 0.2) is 42.0 Å². The van der Waals surface area contributed by atoms with Crippen LogP contribution in [0.1, 0.15) is 38.2 Å². The van der Waals surface area contributed by atoms with Crippen LogP contribution >= 0.6 is 0 Å². The largest absolute Gasteiger partial charge is 0.466 e. The number of hydrogen-bond acceptors (Lipinski definition) is 3. The van der Waals surface area contributed by atoms with Gasteiger partial charge in [-0.05, 0) is 55.7 Å². The summed E-state index contributed by atoms with van der Waals surface area (Å²) in [5.74, 6) is 0.986. The van der Waals surface area contributed by atoms with Gasteiger partial charge >= 0.3 is 5.97 Å². The second-order valence-electron chi connectivity index (χ2n) is 7.32. The van der Waals surface area contributed by atoms with Crippen LogP contribution in [-0.2, 0) is 16.0 Å². The number of esters is 1. The van der Waals surface area contributed by atoms with Crippen molar-refractivity contribution in [3.8, 4) is 0 Å². The van der Waals surface area contributed by atoms with Gasteiger partial charge in [-0.15, -0.1) is 0 Å². The van der Waals surface area contributed by atoms with Gasteiger partial charge in [-0.1, -0.05) is 43.7 Å². The predicted octanol–water partition coefficient (Wildman–Crippen LogP) is 3.84. The number of hydrogen-bond donors (Lipinski definition) is 0. The summed E-state index contributed by atoms with van der Waals surface area (Å²) in [4.78, 5) is 14.5. The van der Waals surface area contributed by atoms with E-state index in [2.05, 4.69) is 49.2 Å². The summed E-state index contributed by atoms with van der Waals surface area (Å²) in [6.45, 7) is 2.27. The molecule has 0 N–H and O–H groups in total. The van der Waals surface area contributed by atoms with Crippen molar-refractivity contribution in [1.29, 1.82) is 0 Å². The molecule has 3 rings (SSSR count). The fraction of sp³-hybridized carbons (Fsp3) is 0.571. The van der Waals surface area contributed by atoms with Crippen molar-refractivity contribution in [2.75, 3.05) is 14.2 Å². The molecule has 130 valence electrons. The quantitative estimate of drug-likeness (QED) is 0.608. The molecule has 0 unspecified atom stereocenters. The molecular weight excluding hydrogens is 298 g/mol. The fourth-order valence-corrected chi connectivity index (χ4v) is 4.79. The molecule has 0 amide bonds. The number of benzene rings is 1. The van der Waals surface area contributed by atoms with E-state index < -0.39 is 0 Å². The van der Waals surface area contributed by atoms with Crippen molar-refractivity contribution in [2.24, 2.45) is 11.8 Å². The number of piperidine rings is 1. The highest BCUT2D eigenvalue weighted by Crippen LogP contribution is 2.46. The van der Waals surface area contributed by atoms with Crippen LogP contribution in [0.3, 0.4) is 0 Å². The summed E-state index contributed by atoms with van der Waals surface area (Å²) in [7, 11) is 3.70. The SMILES string of the molecule is CCC[C@@H]1C[C@@H]2/C(=C/C(=O)OC)[C@@H](Cc3ccccc3)C[C@H]1N2C. The number of carbonyl (C=O) groups excluding carboxylic acids is 1. The molecular formula is C21H29NO2. The average Bonchev–Trinajstić information content (AvgIpc) is 2.80. The molecule has 2 fully saturated rings. The molecule has 2 saturated heterocycles. The summed E-state index contributed by atoms with van der Waals surface area (Å²) in [6.07, 6.45) is 7.65. The molecule has 24 heavy (non-hydrogen) atoms. The lowest BCUT2D eigenvalue weighted by atomic mass is 9.80. The molecule has 0 radical (unpaired) electrons. The van der Waals surface area contributed by atoms with E-state index in [1.807, 2.05) is 0 Å². The van der Waals surface area contributed by atoms with Crippen molar-refractivity contribution in [3.05, 3.63) is 47.5 Å². The van der Waals surface area contributed by atoms with E-state index in [1.165, 1.54) is 37.5 Å². The van der Waals surface area contributed by atoms with Gasteiger partial charge in [0, 0.05) is 18.2 Å². The highest BCUT2D eigenvalue weighted by atomic mass is 16.5. The van der Waals surface area contributed by atoms with Crippen LogP contribution in [0.25, 0.3) is 0 Å². The molecule has 0 saturated carbocycles. The fourth-order valence-electron chi connectivity index (χ4n) is 4.79. The normalized spacial score (nSPS) is 31.4. The molecule has 2 aliphatic rings. The molecule has 1 aromatic carbocycles. The van der Waals surface area contributed by atoms with E-state index in [1.54, 1.807) is 6.08 Å². The van der Waals surface area contributed by atoms with Crippen LogP contribution < -0.4 is 0 Å². The molecule has 1 aromatic rings. The summed E-state index contributed by atoms with van der Waals surface area (Å²) < 4.78 is 4.93. The number of fused-ring (bicyclic) bond motifs is 2. The zero-order valence-electron chi connectivity index (χ0n) is 15.1. The van der Waals surface area contributed by atoms with Crippen molar-refractivity contribution in [2.45, 2.75) is 51.1 Å². The third-order valence-electron chi connectivity index (χ3n) is 5.94. The van der Waals surface area contributed by atoms with Gasteiger partial charge < -0.3 is 4.74 Å². The Morgan fingerprint density at radius 1 is 1.29 bits per heavy atom. The molecule has 0 spiro atoms. The Morgan fingerprint density at radius 2 is 2.04 bits per heavy atom. The van der Waals surface area contributed by atoms with E-state index in [0.717, 1.165) is 18.8 Å². The van der Waals surface area contributed by atoms with Crippen molar-refractivity contribution >= 4 is 5.97 Å². The van der Waals surface area contributed by atoms with Crippen LogP contribution in [0, 0.1) is 11.8 Å². The number of rotatable bonds is 5. The zero-order chi connectivity index (χ0) is 17.1. The van der Waals surface area contributed by atoms with Crippen molar-refractivity contribution in [1.82, 2.24) is 4.90 Å². The topological polar surface area (TPSA) is 29.5 Å². The highest BCUT2D eigenvalue weighted by molar-refractivity contribution is 5.83. The lowest BCUT2D eigenvalue weighted by Gasteiger charge is -2.39. The van der Waals surface area contributed by atoms with E-state index in [4.69, 9.17) is 4.74 Å². The maximum absolute atomic E-state index is 11.9. The van der Waals surface area contributed by atoms with E-state index in [9.17, 15) is 4.79 Å². The number of ether oxygens (including phenoxy) is 1. The third kappa shape index (κ3) is 3.41. The maximum atomic E-state index is 11.9. The summed E-state index contributed by atoms with van der Waals surface area (Å²) in [5.41, 5.74) is 2.64. The smallest absolute Gasteiger partial charge is 0.330 e. The number of nitrogens with zero attached hydrogens (tertiary/aromatic N) is 1. The standard InChI is InChI=1S/C21H29NO2/c1-4-8-16-12-20-18(14-21(23)24-3)17(13-19(16)22(20)2)11-15-9-6-5-7-10-15/h5-7,9-10,14,16-17,19-20H,4,8,11-13H2,1-3H3/b18-14+/t16-,17+,19-,20-/m1/s1. The molecule has 2 heterocycles. The molecule has 2 aliphatic heterocycles. The van der Waals surface area contributed by atoms with Crippen molar-refractivity contribution < 1.29 is 9.53 Å². The Hall–Kier alpha value is -1.61. The first-order valence-corrected chi connectivity index (χ1v) is 9.19. The van der Waals surface area contributed by atoms with Gasteiger partial charge in [-0.3, -0.25) is 4.90 Å². The van der Waals surface area contributed by atoms with Gasteiger partial charge in [0.25, 0.3) is 0 Å². The third-order valence-corrected chi connectivity index (χ3v) is 5.94. The van der Waals surface area contributed by atoms with Crippen LogP contribution in [0.2, 0.25) is 0 Å².